The maximum absolute atomic E-state index is 11.0. The van der Waals surface area contributed by atoms with E-state index < -0.39 is 11.6 Å². The van der Waals surface area contributed by atoms with Crippen LogP contribution in [0.4, 0.5) is 0 Å². The van der Waals surface area contributed by atoms with E-state index in [-0.39, 0.29) is 20.7 Å². The molecule has 11 heavy (non-hydrogen) atoms. The molecule has 0 spiro atoms. The van der Waals surface area contributed by atoms with Crippen molar-refractivity contribution in [3.63, 3.8) is 0 Å². The molecule has 0 bridgehead atoms. The van der Waals surface area contributed by atoms with Crippen molar-refractivity contribution in [3.05, 3.63) is 17.5 Å². The van der Waals surface area contributed by atoms with Crippen LogP contribution in [-0.2, 0) is 4.79 Å². The summed E-state index contributed by atoms with van der Waals surface area (Å²) in [5, 5.41) is 0. The Morgan fingerprint density at radius 2 is 2.00 bits per heavy atom. The minimum atomic E-state index is -0.523. The fourth-order valence-electron chi connectivity index (χ4n) is 0.809. The van der Waals surface area contributed by atoms with Crippen molar-refractivity contribution < 1.29 is 9.59 Å². The van der Waals surface area contributed by atoms with Gasteiger partial charge >= 0.3 is 67.6 Å². The molecule has 0 aromatic carbocycles. The van der Waals surface area contributed by atoms with Gasteiger partial charge in [-0.25, -0.2) is 0 Å². The second-order valence-corrected chi connectivity index (χ2v) is 3.13. The number of nitrogens with zero attached hydrogens (tertiary/aromatic N) is 2. The Balaban J connectivity index is 2.66. The van der Waals surface area contributed by atoms with Crippen LogP contribution in [0.25, 0.3) is 6.08 Å². The van der Waals surface area contributed by atoms with Crippen LogP contribution in [0.15, 0.2) is 6.08 Å². The number of ketones is 2. The molecule has 0 amide bonds. The molecule has 0 fully saturated rings. The van der Waals surface area contributed by atoms with Gasteiger partial charge in [-0.3, -0.25) is 0 Å². The summed E-state index contributed by atoms with van der Waals surface area (Å²) in [6.45, 7) is 0. The predicted molar refractivity (Wildman–Crippen MR) is 37.3 cm³/mol. The summed E-state index contributed by atoms with van der Waals surface area (Å²) in [6, 6.07) is 0. The quantitative estimate of drug-likeness (QED) is 0.423. The van der Waals surface area contributed by atoms with E-state index in [0.29, 0.717) is 5.69 Å². The van der Waals surface area contributed by atoms with Crippen molar-refractivity contribution >= 4 is 32.6 Å². The molecular formula is C6H2N2O2Se. The maximum atomic E-state index is 11.0. The molecule has 0 aliphatic heterocycles. The number of aromatic nitrogens is 2. The van der Waals surface area contributed by atoms with Crippen LogP contribution >= 0.6 is 0 Å². The van der Waals surface area contributed by atoms with Gasteiger partial charge in [0, 0.05) is 0 Å². The van der Waals surface area contributed by atoms with Crippen LogP contribution < -0.4 is 0 Å². The number of carbonyl (C=O) groups is 2. The Morgan fingerprint density at radius 1 is 1.18 bits per heavy atom. The molecule has 1 aromatic heterocycles. The molecule has 4 nitrogen and oxygen atoms in total. The number of allylic oxidation sites excluding steroid dienone is 1. The summed E-state index contributed by atoms with van der Waals surface area (Å²) in [4.78, 5) is 21.8. The molecule has 1 aliphatic carbocycles. The van der Waals surface area contributed by atoms with Gasteiger partial charge in [0.1, 0.15) is 0 Å². The third-order valence-corrected chi connectivity index (χ3v) is 2.48. The number of carbonyl (C=O) groups excluding carboxylic acids is 2. The molecule has 1 heterocycles. The Labute approximate surface area is 68.2 Å². The van der Waals surface area contributed by atoms with Crippen LogP contribution in [0.5, 0.6) is 0 Å². The monoisotopic (exact) mass is 214 g/mol. The molecule has 54 valence electrons. The summed E-state index contributed by atoms with van der Waals surface area (Å²) in [6.07, 6.45) is 2.78. The fraction of sp³-hybridized carbons (Fsp3) is 0. The number of Topliss-reactive ketones (excluding diaryl/α,β-unsaturated/α-hetero) is 1. The van der Waals surface area contributed by atoms with Crippen LogP contribution in [-0.4, -0.2) is 34.5 Å². The first-order chi connectivity index (χ1) is 5.29. The molecule has 5 heteroatoms. The van der Waals surface area contributed by atoms with E-state index in [4.69, 9.17) is 0 Å². The summed E-state index contributed by atoms with van der Waals surface area (Å²) in [5.74, 6) is -1.02. The molecule has 0 unspecified atom stereocenters. The standard InChI is InChI=1S/C6H2N2O2Se/c9-4-2-1-3-5(6(4)10)8-11-7-3/h1-2H. The molecule has 0 N–H and O–H groups in total. The van der Waals surface area contributed by atoms with Crippen molar-refractivity contribution in [2.45, 2.75) is 0 Å². The first-order valence-electron chi connectivity index (χ1n) is 2.88. The average Bonchev–Trinajstić information content (AvgIpc) is 2.45. The first kappa shape index (κ1) is 6.64. The van der Waals surface area contributed by atoms with Crippen molar-refractivity contribution in [1.82, 2.24) is 7.96 Å². The molecule has 2 rings (SSSR count). The van der Waals surface area contributed by atoms with Gasteiger partial charge in [-0.1, -0.05) is 0 Å². The minimum absolute atomic E-state index is 0.227. The van der Waals surface area contributed by atoms with Crippen molar-refractivity contribution in [2.75, 3.05) is 0 Å². The zero-order valence-electron chi connectivity index (χ0n) is 5.27. The summed E-state index contributed by atoms with van der Waals surface area (Å²) < 4.78 is 7.80. The van der Waals surface area contributed by atoms with Crippen molar-refractivity contribution in [1.29, 1.82) is 0 Å². The summed E-state index contributed by atoms with van der Waals surface area (Å²) in [5.41, 5.74) is 0.812. The normalized spacial score (nSPS) is 15.3. The van der Waals surface area contributed by atoms with E-state index in [1.807, 2.05) is 0 Å². The third kappa shape index (κ3) is 0.894. The van der Waals surface area contributed by atoms with E-state index in [1.54, 1.807) is 0 Å². The van der Waals surface area contributed by atoms with Crippen molar-refractivity contribution in [3.8, 4) is 0 Å². The second-order valence-electron chi connectivity index (χ2n) is 2.02. The Bertz CT molecular complexity index is 366. The Kier molecular flexibility index (Phi) is 1.34. The van der Waals surface area contributed by atoms with Crippen LogP contribution in [0.2, 0.25) is 0 Å². The van der Waals surface area contributed by atoms with Crippen LogP contribution in [0.3, 0.4) is 0 Å². The van der Waals surface area contributed by atoms with Gasteiger partial charge in [0.25, 0.3) is 0 Å². The van der Waals surface area contributed by atoms with E-state index in [9.17, 15) is 9.59 Å². The van der Waals surface area contributed by atoms with Gasteiger partial charge in [0.15, 0.2) is 0 Å². The fourth-order valence-corrected chi connectivity index (χ4v) is 1.93. The van der Waals surface area contributed by atoms with Crippen LogP contribution in [0, 0.1) is 0 Å². The third-order valence-electron chi connectivity index (χ3n) is 1.35. The number of rotatable bonds is 0. The summed E-state index contributed by atoms with van der Waals surface area (Å²) in [7, 11) is 0. The number of hydrogen-bond acceptors (Lipinski definition) is 4. The molecular weight excluding hydrogens is 211 g/mol. The van der Waals surface area contributed by atoms with Crippen molar-refractivity contribution in [2.24, 2.45) is 0 Å². The van der Waals surface area contributed by atoms with Crippen LogP contribution in [0.1, 0.15) is 16.2 Å². The molecule has 0 saturated carbocycles. The SMILES string of the molecule is O=C1C=Cc2n[se]nc2C1=O. The molecule has 1 aromatic rings. The number of hydrogen-bond donors (Lipinski definition) is 0. The second kappa shape index (κ2) is 2.22. The first-order valence-corrected chi connectivity index (χ1v) is 4.41. The number of fused-ring (bicyclic) bond motifs is 1. The van der Waals surface area contributed by atoms with E-state index in [0.717, 1.165) is 0 Å². The van der Waals surface area contributed by atoms with E-state index >= 15 is 0 Å². The zero-order chi connectivity index (χ0) is 7.84. The van der Waals surface area contributed by atoms with Gasteiger partial charge in [0.2, 0.25) is 0 Å². The van der Waals surface area contributed by atoms with E-state index in [2.05, 4.69) is 7.96 Å². The molecule has 0 saturated heterocycles. The van der Waals surface area contributed by atoms with E-state index in [1.165, 1.54) is 12.2 Å². The van der Waals surface area contributed by atoms with Gasteiger partial charge in [-0.05, 0) is 0 Å². The topological polar surface area (TPSA) is 59.9 Å². The van der Waals surface area contributed by atoms with Gasteiger partial charge in [-0.2, -0.15) is 0 Å². The molecule has 0 atom stereocenters. The average molecular weight is 213 g/mol. The Hall–Kier alpha value is -1.06. The van der Waals surface area contributed by atoms with Gasteiger partial charge in [-0.15, -0.1) is 0 Å². The molecule has 0 radical (unpaired) electrons. The summed E-state index contributed by atoms with van der Waals surface area (Å²) >= 11 is -0.227. The van der Waals surface area contributed by atoms with Gasteiger partial charge < -0.3 is 0 Å². The van der Waals surface area contributed by atoms with Gasteiger partial charge in [0.05, 0.1) is 0 Å². The predicted octanol–water partition coefficient (Wildman–Crippen LogP) is -0.688. The zero-order valence-corrected chi connectivity index (χ0v) is 6.99. The Morgan fingerprint density at radius 3 is 2.82 bits per heavy atom. The molecule has 1 aliphatic rings.